The van der Waals surface area contributed by atoms with Crippen LogP contribution in [0.1, 0.15) is 43.1 Å². The maximum absolute atomic E-state index is 5.58. The van der Waals surface area contributed by atoms with Crippen LogP contribution in [0.3, 0.4) is 0 Å². The molecule has 0 aliphatic heterocycles. The minimum absolute atomic E-state index is 0.693. The molecule has 82 valence electrons. The van der Waals surface area contributed by atoms with Crippen molar-refractivity contribution in [2.45, 2.75) is 38.1 Å². The van der Waals surface area contributed by atoms with Gasteiger partial charge in [0.05, 0.1) is 5.69 Å². The Morgan fingerprint density at radius 2 is 2.13 bits per heavy atom. The predicted octanol–water partition coefficient (Wildman–Crippen LogP) is 2.30. The Labute approximate surface area is 90.3 Å². The molecule has 0 amide bonds. The number of hydrogen-bond acceptors (Lipinski definition) is 3. The van der Waals surface area contributed by atoms with Crippen LogP contribution in [0.2, 0.25) is 0 Å². The summed E-state index contributed by atoms with van der Waals surface area (Å²) in [5.74, 6) is 3.67. The minimum atomic E-state index is 0.693. The number of oxazole rings is 1. The van der Waals surface area contributed by atoms with E-state index in [1.807, 2.05) is 7.05 Å². The number of aromatic nitrogens is 1. The van der Waals surface area contributed by atoms with Gasteiger partial charge in [-0.3, -0.25) is 0 Å². The molecule has 3 nitrogen and oxygen atoms in total. The molecule has 0 radical (unpaired) electrons. The van der Waals surface area contributed by atoms with E-state index in [0.29, 0.717) is 5.92 Å². The van der Waals surface area contributed by atoms with Crippen LogP contribution in [0, 0.1) is 11.8 Å². The van der Waals surface area contributed by atoms with E-state index in [1.54, 1.807) is 6.39 Å². The lowest BCUT2D eigenvalue weighted by Crippen LogP contribution is -2.07. The van der Waals surface area contributed by atoms with Crippen molar-refractivity contribution < 1.29 is 4.42 Å². The van der Waals surface area contributed by atoms with E-state index in [1.165, 1.54) is 31.4 Å². The van der Waals surface area contributed by atoms with Crippen molar-refractivity contribution in [3.63, 3.8) is 0 Å². The summed E-state index contributed by atoms with van der Waals surface area (Å²) in [4.78, 5) is 4.30. The first-order valence-electron chi connectivity index (χ1n) is 5.98. The van der Waals surface area contributed by atoms with Crippen molar-refractivity contribution in [2.75, 3.05) is 7.05 Å². The third-order valence-electron chi connectivity index (χ3n) is 3.98. The molecular weight excluding hydrogens is 188 g/mol. The third-order valence-corrected chi connectivity index (χ3v) is 3.98. The van der Waals surface area contributed by atoms with Gasteiger partial charge in [-0.1, -0.05) is 12.8 Å². The fourth-order valence-corrected chi connectivity index (χ4v) is 3.23. The highest BCUT2D eigenvalue weighted by molar-refractivity contribution is 5.24. The van der Waals surface area contributed by atoms with Crippen molar-refractivity contribution in [3.8, 4) is 0 Å². The second kappa shape index (κ2) is 3.63. The number of rotatable bonds is 3. The van der Waals surface area contributed by atoms with Gasteiger partial charge in [0, 0.05) is 12.5 Å². The zero-order valence-electron chi connectivity index (χ0n) is 9.20. The first-order valence-corrected chi connectivity index (χ1v) is 5.98. The van der Waals surface area contributed by atoms with Gasteiger partial charge in [0.2, 0.25) is 0 Å². The Kier molecular flexibility index (Phi) is 2.28. The molecule has 0 bridgehead atoms. The van der Waals surface area contributed by atoms with E-state index in [9.17, 15) is 0 Å². The highest BCUT2D eigenvalue weighted by Crippen LogP contribution is 2.61. The van der Waals surface area contributed by atoms with Gasteiger partial charge in [-0.15, -0.1) is 0 Å². The summed E-state index contributed by atoms with van der Waals surface area (Å²) < 4.78 is 5.58. The van der Waals surface area contributed by atoms with Crippen molar-refractivity contribution >= 4 is 0 Å². The third kappa shape index (κ3) is 1.49. The Morgan fingerprint density at radius 1 is 1.40 bits per heavy atom. The Balaban J connectivity index is 1.79. The van der Waals surface area contributed by atoms with Crippen LogP contribution in [0.25, 0.3) is 0 Å². The first-order chi connectivity index (χ1) is 7.42. The van der Waals surface area contributed by atoms with Gasteiger partial charge in [-0.25, -0.2) is 4.98 Å². The number of nitrogens with one attached hydrogen (secondary N) is 1. The molecule has 1 aromatic rings. The number of hydrogen-bond donors (Lipinski definition) is 1. The van der Waals surface area contributed by atoms with Gasteiger partial charge in [0.15, 0.2) is 6.39 Å². The van der Waals surface area contributed by atoms with E-state index in [2.05, 4.69) is 10.3 Å². The van der Waals surface area contributed by atoms with Crippen molar-refractivity contribution in [1.82, 2.24) is 10.3 Å². The molecule has 0 spiro atoms. The summed E-state index contributed by atoms with van der Waals surface area (Å²) in [5, 5.41) is 3.15. The molecule has 0 saturated heterocycles. The molecule has 0 aromatic carbocycles. The van der Waals surface area contributed by atoms with Crippen LogP contribution in [-0.4, -0.2) is 12.0 Å². The molecule has 1 N–H and O–H groups in total. The summed E-state index contributed by atoms with van der Waals surface area (Å²) in [6.45, 7) is 0.835. The normalized spacial score (nSPS) is 33.8. The number of fused-ring (bicyclic) bond motifs is 1. The van der Waals surface area contributed by atoms with E-state index in [0.717, 1.165) is 24.1 Å². The number of nitrogens with zero attached hydrogens (tertiary/aromatic N) is 1. The lowest BCUT2D eigenvalue weighted by Gasteiger charge is -2.04. The summed E-state index contributed by atoms with van der Waals surface area (Å²) in [6, 6.07) is 0. The lowest BCUT2D eigenvalue weighted by atomic mass is 10.0. The van der Waals surface area contributed by atoms with Crippen molar-refractivity contribution in [3.05, 3.63) is 17.8 Å². The monoisotopic (exact) mass is 206 g/mol. The fourth-order valence-electron chi connectivity index (χ4n) is 3.23. The quantitative estimate of drug-likeness (QED) is 0.824. The van der Waals surface area contributed by atoms with Gasteiger partial charge in [0.25, 0.3) is 0 Å². The Bertz CT molecular complexity index is 335. The largest absolute Gasteiger partial charge is 0.448 e. The van der Waals surface area contributed by atoms with Crippen LogP contribution in [0.4, 0.5) is 0 Å². The average Bonchev–Trinajstić information content (AvgIpc) is 2.82. The van der Waals surface area contributed by atoms with Crippen LogP contribution in [0.15, 0.2) is 10.8 Å². The zero-order chi connectivity index (χ0) is 10.3. The topological polar surface area (TPSA) is 38.1 Å². The molecule has 2 aliphatic rings. The second-order valence-corrected chi connectivity index (χ2v) is 4.83. The van der Waals surface area contributed by atoms with Crippen LogP contribution in [0.5, 0.6) is 0 Å². The molecule has 2 unspecified atom stereocenters. The molecule has 15 heavy (non-hydrogen) atoms. The molecule has 2 aliphatic carbocycles. The molecule has 3 rings (SSSR count). The highest BCUT2D eigenvalue weighted by Gasteiger charge is 2.53. The smallest absolute Gasteiger partial charge is 0.181 e. The molecule has 1 aromatic heterocycles. The minimum Gasteiger partial charge on any atom is -0.448 e. The fraction of sp³-hybridized carbons (Fsp3) is 0.750. The van der Waals surface area contributed by atoms with Gasteiger partial charge in [-0.2, -0.15) is 0 Å². The van der Waals surface area contributed by atoms with Gasteiger partial charge >= 0.3 is 0 Å². The lowest BCUT2D eigenvalue weighted by molar-refractivity contribution is 0.480. The van der Waals surface area contributed by atoms with Crippen LogP contribution >= 0.6 is 0 Å². The van der Waals surface area contributed by atoms with Crippen molar-refractivity contribution in [2.24, 2.45) is 11.8 Å². The van der Waals surface area contributed by atoms with Crippen LogP contribution in [-0.2, 0) is 6.54 Å². The zero-order valence-corrected chi connectivity index (χ0v) is 9.20. The Hall–Kier alpha value is -0.830. The summed E-state index contributed by atoms with van der Waals surface area (Å²) in [7, 11) is 1.96. The van der Waals surface area contributed by atoms with E-state index < -0.39 is 0 Å². The summed E-state index contributed by atoms with van der Waals surface area (Å²) >= 11 is 0. The molecule has 2 fully saturated rings. The van der Waals surface area contributed by atoms with Crippen molar-refractivity contribution in [1.29, 1.82) is 0 Å². The van der Waals surface area contributed by atoms with Gasteiger partial charge < -0.3 is 9.73 Å². The molecular formula is C12H18N2O. The first kappa shape index (κ1) is 9.40. The molecule has 1 heterocycles. The van der Waals surface area contributed by atoms with E-state index in [4.69, 9.17) is 4.42 Å². The molecule has 3 heteroatoms. The average molecular weight is 206 g/mol. The van der Waals surface area contributed by atoms with Gasteiger partial charge in [-0.05, 0) is 31.7 Å². The Morgan fingerprint density at radius 3 is 2.80 bits per heavy atom. The standard InChI is InChI=1S/C12H18N2O/c1-13-6-10-12(15-7-14-10)11-8-4-2-3-5-9(8)11/h7-9,11,13H,2-6H2,1H3. The maximum atomic E-state index is 5.58. The van der Waals surface area contributed by atoms with E-state index in [-0.39, 0.29) is 0 Å². The van der Waals surface area contributed by atoms with Crippen LogP contribution < -0.4 is 5.32 Å². The summed E-state index contributed by atoms with van der Waals surface area (Å²) in [6.07, 6.45) is 7.22. The van der Waals surface area contributed by atoms with Gasteiger partial charge in [0.1, 0.15) is 5.76 Å². The SMILES string of the molecule is CNCc1ncoc1C1C2CCCCC21. The second-order valence-electron chi connectivity index (χ2n) is 4.83. The highest BCUT2D eigenvalue weighted by atomic mass is 16.3. The molecule has 2 atom stereocenters. The predicted molar refractivity (Wildman–Crippen MR) is 57.5 cm³/mol. The summed E-state index contributed by atoms with van der Waals surface area (Å²) in [5.41, 5.74) is 1.12. The van der Waals surface area contributed by atoms with E-state index >= 15 is 0 Å². The maximum Gasteiger partial charge on any atom is 0.181 e. The molecule has 2 saturated carbocycles.